The van der Waals surface area contributed by atoms with Crippen molar-refractivity contribution in [3.05, 3.63) is 29.5 Å². The zero-order valence-electron chi connectivity index (χ0n) is 5.82. The van der Waals surface area contributed by atoms with Gasteiger partial charge in [0.05, 0.1) is 6.42 Å². The summed E-state index contributed by atoms with van der Waals surface area (Å²) in [5, 5.41) is 2.42. The van der Waals surface area contributed by atoms with Crippen molar-refractivity contribution in [1.82, 2.24) is 5.32 Å². The summed E-state index contributed by atoms with van der Waals surface area (Å²) in [4.78, 5) is 13.0. The second-order valence-electron chi connectivity index (χ2n) is 2.02. The van der Waals surface area contributed by atoms with E-state index in [1.54, 1.807) is 12.2 Å². The van der Waals surface area contributed by atoms with Crippen molar-refractivity contribution in [2.45, 2.75) is 6.42 Å². The minimum atomic E-state index is 0.472. The molecule has 1 aliphatic rings. The molecule has 0 atom stereocenters. The van der Waals surface area contributed by atoms with Crippen LogP contribution in [0.15, 0.2) is 23.9 Å². The molecule has 4 heteroatoms. The van der Waals surface area contributed by atoms with E-state index in [0.717, 1.165) is 0 Å². The molecule has 0 heterocycles. The van der Waals surface area contributed by atoms with Gasteiger partial charge in [0.2, 0.25) is 6.41 Å². The molecule has 1 amide bonds. The fraction of sp³-hybridized carbons (Fsp3) is 0.143. The van der Waals surface area contributed by atoms with Crippen LogP contribution in [0.1, 0.15) is 6.42 Å². The highest BCUT2D eigenvalue weighted by Crippen LogP contribution is 2.03. The van der Waals surface area contributed by atoms with Crippen LogP contribution in [0.4, 0.5) is 0 Å². The molecule has 1 rings (SSSR count). The van der Waals surface area contributed by atoms with Gasteiger partial charge in [-0.2, -0.15) is 4.79 Å². The Morgan fingerprint density at radius 1 is 1.73 bits per heavy atom. The van der Waals surface area contributed by atoms with Crippen LogP contribution in [0.5, 0.6) is 0 Å². The lowest BCUT2D eigenvalue weighted by atomic mass is 10.1. The molecule has 0 saturated heterocycles. The molecule has 0 unspecified atom stereocenters. The lowest BCUT2D eigenvalue weighted by Gasteiger charge is -2.00. The normalized spacial score (nSPS) is 15.3. The van der Waals surface area contributed by atoms with Crippen molar-refractivity contribution < 1.29 is 9.58 Å². The smallest absolute Gasteiger partial charge is 0.318 e. The van der Waals surface area contributed by atoms with Crippen molar-refractivity contribution in [1.29, 1.82) is 0 Å². The van der Waals surface area contributed by atoms with Crippen LogP contribution >= 0.6 is 0 Å². The second-order valence-corrected chi connectivity index (χ2v) is 2.02. The first-order valence-corrected chi connectivity index (χ1v) is 3.17. The number of amides is 1. The van der Waals surface area contributed by atoms with Crippen LogP contribution in [0.3, 0.4) is 0 Å². The molecule has 1 N–H and O–H groups in total. The average molecular weight is 149 g/mol. The van der Waals surface area contributed by atoms with Gasteiger partial charge in [0.15, 0.2) is 0 Å². The summed E-state index contributed by atoms with van der Waals surface area (Å²) in [7, 11) is 0. The zero-order chi connectivity index (χ0) is 8.10. The number of nitrogens with zero attached hydrogens (tertiary/aromatic N) is 2. The summed E-state index contributed by atoms with van der Waals surface area (Å²) in [5.41, 5.74) is 9.46. The molecular weight excluding hydrogens is 142 g/mol. The number of allylic oxidation sites excluding steroid dienone is 4. The third-order valence-corrected chi connectivity index (χ3v) is 1.36. The molecule has 0 aliphatic heterocycles. The first-order chi connectivity index (χ1) is 5.38. The van der Waals surface area contributed by atoms with E-state index in [0.29, 0.717) is 24.2 Å². The molecule has 1 aliphatic carbocycles. The fourth-order valence-corrected chi connectivity index (χ4v) is 0.840. The Bertz CT molecular complexity index is 271. The maximum absolute atomic E-state index is 10.0. The molecule has 0 aromatic rings. The third kappa shape index (κ3) is 1.63. The van der Waals surface area contributed by atoms with E-state index >= 15 is 0 Å². The van der Waals surface area contributed by atoms with E-state index in [2.05, 4.69) is 10.1 Å². The topological polar surface area (TPSA) is 65.5 Å². The molecular formula is C7H7N3O. The van der Waals surface area contributed by atoms with Crippen LogP contribution in [0.2, 0.25) is 0 Å². The van der Waals surface area contributed by atoms with E-state index < -0.39 is 0 Å². The number of carbonyl (C=O) groups excluding carboxylic acids is 1. The van der Waals surface area contributed by atoms with Crippen molar-refractivity contribution >= 4 is 12.1 Å². The Labute approximate surface area is 63.8 Å². The number of hydrogen-bond acceptors (Lipinski definition) is 1. The molecule has 56 valence electrons. The largest absolute Gasteiger partial charge is 0.361 e. The molecule has 0 aromatic heterocycles. The van der Waals surface area contributed by atoms with Crippen LogP contribution in [0, 0.1) is 0 Å². The summed E-state index contributed by atoms with van der Waals surface area (Å²) < 4.78 is 0. The van der Waals surface area contributed by atoms with Crippen LogP contribution in [-0.2, 0) is 4.79 Å². The maximum Gasteiger partial charge on any atom is 0.318 e. The zero-order valence-corrected chi connectivity index (χ0v) is 5.82. The summed E-state index contributed by atoms with van der Waals surface area (Å²) in [5.74, 6) is 0. The van der Waals surface area contributed by atoms with Gasteiger partial charge in [-0.3, -0.25) is 4.79 Å². The average Bonchev–Trinajstić information content (AvgIpc) is 2.06. The first kappa shape index (κ1) is 7.44. The van der Waals surface area contributed by atoms with E-state index in [1.165, 1.54) is 0 Å². The Hall–Kier alpha value is -1.67. The van der Waals surface area contributed by atoms with Gasteiger partial charge >= 0.3 is 5.71 Å². The van der Waals surface area contributed by atoms with E-state index in [1.807, 2.05) is 6.08 Å². The summed E-state index contributed by atoms with van der Waals surface area (Å²) in [6.45, 7) is 0. The Morgan fingerprint density at radius 3 is 3.18 bits per heavy atom. The standard InChI is InChI=1S/C7H7N3O/c8-10-7-4-2-1-3-6(7)9-5-11/h1-3,5H,4H2,(H,9,11). The molecule has 0 radical (unpaired) electrons. The third-order valence-electron chi connectivity index (χ3n) is 1.36. The van der Waals surface area contributed by atoms with Crippen LogP contribution in [-0.4, -0.2) is 16.9 Å². The maximum atomic E-state index is 10.0. The summed E-state index contributed by atoms with van der Waals surface area (Å²) >= 11 is 0. The second kappa shape index (κ2) is 3.49. The van der Waals surface area contributed by atoms with Gasteiger partial charge < -0.3 is 10.8 Å². The van der Waals surface area contributed by atoms with Crippen molar-refractivity contribution in [3.63, 3.8) is 0 Å². The number of rotatable bonds is 2. The SMILES string of the molecule is [N-]=[N+]=C1CC=CC=C1NC=O. The molecule has 0 fully saturated rings. The van der Waals surface area contributed by atoms with Gasteiger partial charge in [0.25, 0.3) is 0 Å². The predicted octanol–water partition coefficient (Wildman–Crippen LogP) is 0.247. The Kier molecular flexibility index (Phi) is 2.36. The monoisotopic (exact) mass is 149 g/mol. The lowest BCUT2D eigenvalue weighted by molar-refractivity contribution is -0.109. The minimum Gasteiger partial charge on any atom is -0.361 e. The van der Waals surface area contributed by atoms with Gasteiger partial charge in [0, 0.05) is 0 Å². The van der Waals surface area contributed by atoms with Crippen molar-refractivity contribution in [2.75, 3.05) is 0 Å². The highest BCUT2D eigenvalue weighted by atomic mass is 16.1. The highest BCUT2D eigenvalue weighted by Gasteiger charge is 2.14. The van der Waals surface area contributed by atoms with Gasteiger partial charge in [-0.15, -0.1) is 0 Å². The predicted molar refractivity (Wildman–Crippen MR) is 39.7 cm³/mol. The van der Waals surface area contributed by atoms with Gasteiger partial charge in [-0.05, 0) is 6.08 Å². The van der Waals surface area contributed by atoms with Crippen molar-refractivity contribution in [3.8, 4) is 0 Å². The van der Waals surface area contributed by atoms with Crippen LogP contribution < -0.4 is 5.32 Å². The Morgan fingerprint density at radius 2 is 2.55 bits per heavy atom. The van der Waals surface area contributed by atoms with E-state index in [9.17, 15) is 4.79 Å². The van der Waals surface area contributed by atoms with Gasteiger partial charge in [0.1, 0.15) is 5.70 Å². The van der Waals surface area contributed by atoms with Crippen LogP contribution in [0.25, 0.3) is 5.53 Å². The summed E-state index contributed by atoms with van der Waals surface area (Å²) in [6.07, 6.45) is 6.40. The number of hydrogen-bond donors (Lipinski definition) is 1. The van der Waals surface area contributed by atoms with Crippen molar-refractivity contribution in [2.24, 2.45) is 0 Å². The molecule has 4 nitrogen and oxygen atoms in total. The summed E-state index contributed by atoms with van der Waals surface area (Å²) in [6, 6.07) is 0. The molecule has 0 bridgehead atoms. The van der Waals surface area contributed by atoms with E-state index in [4.69, 9.17) is 5.53 Å². The lowest BCUT2D eigenvalue weighted by Crippen LogP contribution is -2.20. The first-order valence-electron chi connectivity index (χ1n) is 3.17. The minimum absolute atomic E-state index is 0.472. The van der Waals surface area contributed by atoms with Gasteiger partial charge in [-0.25, -0.2) is 0 Å². The number of nitrogens with one attached hydrogen (secondary N) is 1. The molecule has 11 heavy (non-hydrogen) atoms. The molecule has 0 spiro atoms. The fourth-order valence-electron chi connectivity index (χ4n) is 0.840. The molecule has 0 saturated carbocycles. The van der Waals surface area contributed by atoms with Gasteiger partial charge in [-0.1, -0.05) is 12.2 Å². The quantitative estimate of drug-likeness (QED) is 0.341. The Balaban J connectivity index is 2.86. The highest BCUT2D eigenvalue weighted by molar-refractivity contribution is 5.99. The van der Waals surface area contributed by atoms with E-state index in [-0.39, 0.29) is 0 Å². The molecule has 0 aromatic carbocycles. The number of carbonyl (C=O) groups is 1.